The maximum absolute atomic E-state index is 12.6. The van der Waals surface area contributed by atoms with E-state index in [0.717, 1.165) is 19.6 Å². The molecule has 5 nitrogen and oxygen atoms in total. The van der Waals surface area contributed by atoms with Crippen molar-refractivity contribution in [3.63, 3.8) is 0 Å². The van der Waals surface area contributed by atoms with E-state index in [4.69, 9.17) is 9.47 Å². The number of hydrogen-bond donors (Lipinski definition) is 1. The van der Waals surface area contributed by atoms with Gasteiger partial charge in [-0.15, -0.1) is 0 Å². The van der Waals surface area contributed by atoms with Gasteiger partial charge in [-0.1, -0.05) is 6.07 Å². The number of hydrogen-bond acceptors (Lipinski definition) is 4. The lowest BCUT2D eigenvalue weighted by atomic mass is 9.99. The third-order valence-corrected chi connectivity index (χ3v) is 3.91. The Morgan fingerprint density at radius 2 is 2.19 bits per heavy atom. The van der Waals surface area contributed by atoms with Gasteiger partial charge in [0.25, 0.3) is 5.91 Å². The molecule has 21 heavy (non-hydrogen) atoms. The van der Waals surface area contributed by atoms with E-state index in [9.17, 15) is 4.79 Å². The van der Waals surface area contributed by atoms with Gasteiger partial charge in [-0.3, -0.25) is 4.79 Å². The quantitative estimate of drug-likeness (QED) is 0.899. The molecule has 1 fully saturated rings. The number of benzene rings is 1. The van der Waals surface area contributed by atoms with Crippen molar-refractivity contribution in [1.82, 2.24) is 10.2 Å². The number of piperidine rings is 1. The second-order valence-corrected chi connectivity index (χ2v) is 5.44. The van der Waals surface area contributed by atoms with Gasteiger partial charge in [0.15, 0.2) is 11.5 Å². The molecule has 0 radical (unpaired) electrons. The number of ether oxygens (including phenoxy) is 2. The average molecular weight is 292 g/mol. The standard InChI is InChI=1S/C16H24N2O3/c1-18(11-12-6-5-9-17-10-12)16(19)13-7-4-8-14(20-2)15(13)21-3/h4,7-8,12,17H,5-6,9-11H2,1-3H3. The van der Waals surface area contributed by atoms with Crippen molar-refractivity contribution < 1.29 is 14.3 Å². The van der Waals surface area contributed by atoms with Gasteiger partial charge in [-0.25, -0.2) is 0 Å². The fourth-order valence-electron chi connectivity index (χ4n) is 2.81. The van der Waals surface area contributed by atoms with Crippen molar-refractivity contribution >= 4 is 5.91 Å². The number of carbonyl (C=O) groups excluding carboxylic acids is 1. The van der Waals surface area contributed by atoms with E-state index >= 15 is 0 Å². The van der Waals surface area contributed by atoms with Gasteiger partial charge < -0.3 is 19.7 Å². The Kier molecular flexibility index (Phi) is 5.44. The van der Waals surface area contributed by atoms with Gasteiger partial charge in [0.1, 0.15) is 0 Å². The molecule has 0 aromatic heterocycles. The first-order valence-electron chi connectivity index (χ1n) is 7.34. The molecule has 0 saturated carbocycles. The third kappa shape index (κ3) is 3.67. The maximum Gasteiger partial charge on any atom is 0.257 e. The SMILES string of the molecule is COc1cccc(C(=O)N(C)CC2CCCNC2)c1OC. The van der Waals surface area contributed by atoms with Gasteiger partial charge in [0.2, 0.25) is 0 Å². The molecule has 1 saturated heterocycles. The molecular formula is C16H24N2O3. The smallest absolute Gasteiger partial charge is 0.257 e. The second-order valence-electron chi connectivity index (χ2n) is 5.44. The number of rotatable bonds is 5. The highest BCUT2D eigenvalue weighted by Gasteiger charge is 2.22. The Labute approximate surface area is 126 Å². The maximum atomic E-state index is 12.6. The van der Waals surface area contributed by atoms with Crippen molar-refractivity contribution in [2.75, 3.05) is 40.9 Å². The topological polar surface area (TPSA) is 50.8 Å². The summed E-state index contributed by atoms with van der Waals surface area (Å²) in [6.45, 7) is 2.82. The Bertz CT molecular complexity index is 484. The molecule has 5 heteroatoms. The highest BCUT2D eigenvalue weighted by Crippen LogP contribution is 2.31. The molecular weight excluding hydrogens is 268 g/mol. The second kappa shape index (κ2) is 7.31. The largest absolute Gasteiger partial charge is 0.493 e. The van der Waals surface area contributed by atoms with Crippen molar-refractivity contribution in [2.24, 2.45) is 5.92 Å². The zero-order chi connectivity index (χ0) is 15.2. The molecule has 1 atom stereocenters. The van der Waals surface area contributed by atoms with E-state index in [1.807, 2.05) is 13.1 Å². The molecule has 1 aromatic carbocycles. The number of para-hydroxylation sites is 1. The minimum atomic E-state index is -0.0312. The molecule has 1 aromatic rings. The summed E-state index contributed by atoms with van der Waals surface area (Å²) in [6, 6.07) is 5.38. The Balaban J connectivity index is 2.11. The zero-order valence-electron chi connectivity index (χ0n) is 13.0. The summed E-state index contributed by atoms with van der Waals surface area (Å²) >= 11 is 0. The van der Waals surface area contributed by atoms with E-state index < -0.39 is 0 Å². The summed E-state index contributed by atoms with van der Waals surface area (Å²) in [5.74, 6) is 1.57. The van der Waals surface area contributed by atoms with E-state index in [-0.39, 0.29) is 5.91 Å². The monoisotopic (exact) mass is 292 g/mol. The first-order valence-corrected chi connectivity index (χ1v) is 7.34. The first kappa shape index (κ1) is 15.6. The van der Waals surface area contributed by atoms with Gasteiger partial charge in [0.05, 0.1) is 19.8 Å². The van der Waals surface area contributed by atoms with Crippen LogP contribution in [0.25, 0.3) is 0 Å². The fourth-order valence-corrected chi connectivity index (χ4v) is 2.81. The van der Waals surface area contributed by atoms with Crippen molar-refractivity contribution in [1.29, 1.82) is 0 Å². The van der Waals surface area contributed by atoms with Gasteiger partial charge in [-0.2, -0.15) is 0 Å². The number of nitrogens with zero attached hydrogens (tertiary/aromatic N) is 1. The van der Waals surface area contributed by atoms with E-state index in [1.165, 1.54) is 12.8 Å². The van der Waals surface area contributed by atoms with E-state index in [1.54, 1.807) is 31.3 Å². The molecule has 0 aliphatic carbocycles. The summed E-state index contributed by atoms with van der Waals surface area (Å²) in [4.78, 5) is 14.4. The van der Waals surface area contributed by atoms with Gasteiger partial charge in [-0.05, 0) is 44.0 Å². The third-order valence-electron chi connectivity index (χ3n) is 3.91. The lowest BCUT2D eigenvalue weighted by Gasteiger charge is -2.28. The van der Waals surface area contributed by atoms with Crippen LogP contribution >= 0.6 is 0 Å². The number of amides is 1. The summed E-state index contributed by atoms with van der Waals surface area (Å²) in [5, 5.41) is 3.38. The lowest BCUT2D eigenvalue weighted by molar-refractivity contribution is 0.0760. The lowest BCUT2D eigenvalue weighted by Crippen LogP contribution is -2.39. The van der Waals surface area contributed by atoms with Crippen LogP contribution in [-0.4, -0.2) is 51.7 Å². The van der Waals surface area contributed by atoms with Gasteiger partial charge in [0, 0.05) is 13.6 Å². The number of methoxy groups -OCH3 is 2. The Morgan fingerprint density at radius 1 is 1.38 bits per heavy atom. The van der Waals surface area contributed by atoms with Crippen LogP contribution < -0.4 is 14.8 Å². The summed E-state index contributed by atoms with van der Waals surface area (Å²) in [6.07, 6.45) is 2.34. The molecule has 1 aliphatic rings. The average Bonchev–Trinajstić information content (AvgIpc) is 2.54. The molecule has 0 spiro atoms. The predicted octanol–water partition coefficient (Wildman–Crippen LogP) is 1.78. The molecule has 1 heterocycles. The number of nitrogens with one attached hydrogen (secondary N) is 1. The highest BCUT2D eigenvalue weighted by molar-refractivity contribution is 5.97. The van der Waals surface area contributed by atoms with Crippen LogP contribution in [0.2, 0.25) is 0 Å². The molecule has 1 N–H and O–H groups in total. The van der Waals surface area contributed by atoms with Crippen LogP contribution in [0.15, 0.2) is 18.2 Å². The first-order chi connectivity index (χ1) is 10.2. The van der Waals surface area contributed by atoms with Crippen molar-refractivity contribution in [3.05, 3.63) is 23.8 Å². The van der Waals surface area contributed by atoms with Crippen molar-refractivity contribution in [2.45, 2.75) is 12.8 Å². The molecule has 1 aliphatic heterocycles. The van der Waals surface area contributed by atoms with Crippen LogP contribution in [0.3, 0.4) is 0 Å². The van der Waals surface area contributed by atoms with E-state index in [2.05, 4.69) is 5.32 Å². The summed E-state index contributed by atoms with van der Waals surface area (Å²) < 4.78 is 10.6. The van der Waals surface area contributed by atoms with Crippen molar-refractivity contribution in [3.8, 4) is 11.5 Å². The predicted molar refractivity (Wildman–Crippen MR) is 82.1 cm³/mol. The van der Waals surface area contributed by atoms with Crippen LogP contribution in [0.5, 0.6) is 11.5 Å². The minimum absolute atomic E-state index is 0.0312. The Morgan fingerprint density at radius 3 is 2.81 bits per heavy atom. The summed E-state index contributed by atoms with van der Waals surface area (Å²) in [5.41, 5.74) is 0.545. The number of carbonyl (C=O) groups is 1. The van der Waals surface area contributed by atoms with Crippen LogP contribution in [0.1, 0.15) is 23.2 Å². The molecule has 1 amide bonds. The normalized spacial score (nSPS) is 18.1. The summed E-state index contributed by atoms with van der Waals surface area (Å²) in [7, 11) is 4.97. The van der Waals surface area contributed by atoms with Crippen LogP contribution in [-0.2, 0) is 0 Å². The van der Waals surface area contributed by atoms with Crippen LogP contribution in [0, 0.1) is 5.92 Å². The highest BCUT2D eigenvalue weighted by atomic mass is 16.5. The minimum Gasteiger partial charge on any atom is -0.493 e. The molecule has 2 rings (SSSR count). The fraction of sp³-hybridized carbons (Fsp3) is 0.562. The van der Waals surface area contributed by atoms with E-state index in [0.29, 0.717) is 23.0 Å². The van der Waals surface area contributed by atoms with Gasteiger partial charge >= 0.3 is 0 Å². The molecule has 0 bridgehead atoms. The Hall–Kier alpha value is -1.75. The molecule has 1 unspecified atom stereocenters. The van der Waals surface area contributed by atoms with Crippen LogP contribution in [0.4, 0.5) is 0 Å². The molecule has 116 valence electrons. The zero-order valence-corrected chi connectivity index (χ0v) is 13.0.